The minimum atomic E-state index is -0.837. The SMILES string of the molecule is C1=Cc2ccccc2C2(C1=C1N=C(c3ccccc3)C(c3ccccc3)=N1)c1cc3ccccc3cc1-c1nc3c4ccccc4c4ccccc4c3n12. The maximum Gasteiger partial charge on any atom is 0.159 e. The summed E-state index contributed by atoms with van der Waals surface area (Å²) in [6.45, 7) is 0. The van der Waals surface area contributed by atoms with Crippen LogP contribution in [0, 0.1) is 0 Å². The van der Waals surface area contributed by atoms with Crippen LogP contribution in [0.1, 0.15) is 27.8 Å². The van der Waals surface area contributed by atoms with Crippen molar-refractivity contribution in [1.82, 2.24) is 9.55 Å². The Balaban J connectivity index is 1.30. The van der Waals surface area contributed by atoms with E-state index in [2.05, 4.69) is 174 Å². The Labute approximate surface area is 311 Å². The van der Waals surface area contributed by atoms with Crippen LogP contribution in [0.15, 0.2) is 197 Å². The van der Waals surface area contributed by atoms with Gasteiger partial charge in [-0.3, -0.25) is 0 Å². The maximum atomic E-state index is 5.67. The number of rotatable bonds is 2. The van der Waals surface area contributed by atoms with E-state index < -0.39 is 5.54 Å². The summed E-state index contributed by atoms with van der Waals surface area (Å²) in [4.78, 5) is 16.7. The first kappa shape index (κ1) is 29.4. The van der Waals surface area contributed by atoms with Gasteiger partial charge in [0.2, 0.25) is 0 Å². The second-order valence-electron chi connectivity index (χ2n) is 14.3. The first-order valence-corrected chi connectivity index (χ1v) is 18.5. The molecule has 54 heavy (non-hydrogen) atoms. The van der Waals surface area contributed by atoms with Crippen molar-refractivity contribution < 1.29 is 0 Å². The number of aromatic nitrogens is 2. The van der Waals surface area contributed by atoms with Gasteiger partial charge >= 0.3 is 0 Å². The second kappa shape index (κ2) is 10.9. The highest BCUT2D eigenvalue weighted by Gasteiger charge is 2.52. The van der Waals surface area contributed by atoms with Gasteiger partial charge in [-0.25, -0.2) is 15.0 Å². The summed E-state index contributed by atoms with van der Waals surface area (Å²) in [5.74, 6) is 1.66. The highest BCUT2D eigenvalue weighted by Crippen LogP contribution is 2.58. The quantitative estimate of drug-likeness (QED) is 0.167. The number of hydrogen-bond acceptors (Lipinski definition) is 3. The summed E-state index contributed by atoms with van der Waals surface area (Å²) in [5, 5.41) is 7.11. The van der Waals surface area contributed by atoms with Gasteiger partial charge in [-0.05, 0) is 50.4 Å². The molecule has 0 N–H and O–H groups in total. The summed E-state index contributed by atoms with van der Waals surface area (Å²) in [7, 11) is 0. The first-order valence-electron chi connectivity index (χ1n) is 18.5. The monoisotopic (exact) mass is 686 g/mol. The normalized spacial score (nSPS) is 17.0. The summed E-state index contributed by atoms with van der Waals surface area (Å²) in [6, 6.07) is 60.6. The van der Waals surface area contributed by atoms with Gasteiger partial charge in [0, 0.05) is 33.0 Å². The van der Waals surface area contributed by atoms with Crippen molar-refractivity contribution in [2.45, 2.75) is 5.54 Å². The standard InChI is InChI=1S/C50H30N4/c1-3-16-32(17-4-1)44-45(33-18-5-2-6-19-33)52-48(51-44)42-28-27-31-15-9-14-26-41(31)50(42)43-30-35-21-8-7-20-34(35)29-40(43)49-53-46-38-24-12-10-22-36(38)37-23-11-13-25-39(37)47(46)54(49)50/h1-30H. The zero-order valence-corrected chi connectivity index (χ0v) is 29.1. The lowest BCUT2D eigenvalue weighted by Gasteiger charge is -2.39. The van der Waals surface area contributed by atoms with Crippen LogP contribution in [0.5, 0.6) is 0 Å². The van der Waals surface area contributed by atoms with Crippen molar-refractivity contribution in [3.05, 3.63) is 215 Å². The molecule has 1 aliphatic carbocycles. The van der Waals surface area contributed by atoms with Crippen molar-refractivity contribution in [3.8, 4) is 11.4 Å². The van der Waals surface area contributed by atoms with Gasteiger partial charge < -0.3 is 4.57 Å². The molecule has 1 atom stereocenters. The van der Waals surface area contributed by atoms with Gasteiger partial charge in [-0.1, -0.05) is 170 Å². The molecule has 9 aromatic rings. The molecule has 0 bridgehead atoms. The lowest BCUT2D eigenvalue weighted by atomic mass is 9.71. The Hall–Kier alpha value is -7.17. The van der Waals surface area contributed by atoms with Crippen LogP contribution in [-0.2, 0) is 5.54 Å². The Morgan fingerprint density at radius 1 is 0.463 bits per heavy atom. The molecule has 0 saturated heterocycles. The molecule has 1 aromatic heterocycles. The summed E-state index contributed by atoms with van der Waals surface area (Å²) >= 11 is 0. The fourth-order valence-corrected chi connectivity index (χ4v) is 9.29. The van der Waals surface area contributed by atoms with E-state index in [4.69, 9.17) is 15.0 Å². The smallest absolute Gasteiger partial charge is 0.159 e. The van der Waals surface area contributed by atoms with Crippen molar-refractivity contribution in [3.63, 3.8) is 0 Å². The van der Waals surface area contributed by atoms with Gasteiger partial charge in [-0.2, -0.15) is 0 Å². The number of aliphatic imine (C=N–C) groups is 2. The topological polar surface area (TPSA) is 42.5 Å². The molecule has 4 nitrogen and oxygen atoms in total. The van der Waals surface area contributed by atoms with Gasteiger partial charge in [0.05, 0.1) is 22.5 Å². The number of benzene rings is 8. The molecule has 8 aromatic carbocycles. The van der Waals surface area contributed by atoms with Crippen LogP contribution in [0.3, 0.4) is 0 Å². The third kappa shape index (κ3) is 3.84. The van der Waals surface area contributed by atoms with Crippen molar-refractivity contribution >= 4 is 60.9 Å². The molecule has 1 spiro atoms. The highest BCUT2D eigenvalue weighted by atomic mass is 15.2. The lowest BCUT2D eigenvalue weighted by Crippen LogP contribution is -2.38. The van der Waals surface area contributed by atoms with Gasteiger partial charge in [0.1, 0.15) is 11.4 Å². The molecule has 3 heterocycles. The van der Waals surface area contributed by atoms with E-state index in [1.807, 2.05) is 12.1 Å². The molecule has 4 heteroatoms. The Morgan fingerprint density at radius 2 is 1.02 bits per heavy atom. The van der Waals surface area contributed by atoms with E-state index in [0.717, 1.165) is 55.9 Å². The number of nitrogens with zero attached hydrogens (tertiary/aromatic N) is 4. The molecule has 0 radical (unpaired) electrons. The van der Waals surface area contributed by atoms with Crippen molar-refractivity contribution in [1.29, 1.82) is 0 Å². The van der Waals surface area contributed by atoms with E-state index in [0.29, 0.717) is 5.82 Å². The summed E-state index contributed by atoms with van der Waals surface area (Å²) in [6.07, 6.45) is 4.51. The Kier molecular flexibility index (Phi) is 5.95. The van der Waals surface area contributed by atoms with Crippen molar-refractivity contribution in [2.24, 2.45) is 9.98 Å². The Morgan fingerprint density at radius 3 is 1.72 bits per heavy atom. The number of hydrogen-bond donors (Lipinski definition) is 0. The Bertz CT molecular complexity index is 3140. The largest absolute Gasteiger partial charge is 0.304 e. The fraction of sp³-hybridized carbons (Fsp3) is 0.0200. The summed E-state index contributed by atoms with van der Waals surface area (Å²) < 4.78 is 2.54. The molecule has 0 saturated carbocycles. The molecule has 3 aliphatic rings. The number of fused-ring (bicyclic) bond motifs is 15. The van der Waals surface area contributed by atoms with Crippen LogP contribution >= 0.6 is 0 Å². The number of allylic oxidation sites excluding steroid dienone is 2. The van der Waals surface area contributed by atoms with E-state index in [1.54, 1.807) is 0 Å². The van der Waals surface area contributed by atoms with Crippen LogP contribution in [0.4, 0.5) is 0 Å². The van der Waals surface area contributed by atoms with E-state index in [1.165, 1.54) is 43.6 Å². The molecule has 0 fully saturated rings. The van der Waals surface area contributed by atoms with Crippen LogP contribution in [-0.4, -0.2) is 21.0 Å². The predicted octanol–water partition coefficient (Wildman–Crippen LogP) is 11.5. The average Bonchev–Trinajstić information content (AvgIpc) is 3.94. The van der Waals surface area contributed by atoms with E-state index in [-0.39, 0.29) is 0 Å². The zero-order valence-electron chi connectivity index (χ0n) is 29.1. The van der Waals surface area contributed by atoms with Gasteiger partial charge in [-0.15, -0.1) is 0 Å². The molecule has 1 unspecified atom stereocenters. The van der Waals surface area contributed by atoms with Crippen molar-refractivity contribution in [2.75, 3.05) is 0 Å². The molecule has 250 valence electrons. The van der Waals surface area contributed by atoms with Crippen LogP contribution < -0.4 is 0 Å². The van der Waals surface area contributed by atoms with Gasteiger partial charge in [0.25, 0.3) is 0 Å². The third-order valence-corrected chi connectivity index (χ3v) is 11.5. The molecule has 0 amide bonds. The molecular formula is C50H30N4. The van der Waals surface area contributed by atoms with Gasteiger partial charge in [0.15, 0.2) is 5.82 Å². The number of imidazole rings is 1. The van der Waals surface area contributed by atoms with E-state index in [9.17, 15) is 0 Å². The van der Waals surface area contributed by atoms with Crippen LogP contribution in [0.25, 0.3) is 60.8 Å². The second-order valence-corrected chi connectivity index (χ2v) is 14.3. The average molecular weight is 687 g/mol. The molecule has 2 aliphatic heterocycles. The predicted molar refractivity (Wildman–Crippen MR) is 222 cm³/mol. The zero-order chi connectivity index (χ0) is 35.4. The minimum absolute atomic E-state index is 0.706. The third-order valence-electron chi connectivity index (χ3n) is 11.5. The highest BCUT2D eigenvalue weighted by molar-refractivity contribution is 6.55. The first-order chi connectivity index (χ1) is 26.8. The fourth-order valence-electron chi connectivity index (χ4n) is 9.29. The lowest BCUT2D eigenvalue weighted by molar-refractivity contribution is 0.550. The summed E-state index contributed by atoms with van der Waals surface area (Å²) in [5.41, 5.74) is 10.8. The molecular weight excluding hydrogens is 657 g/mol. The minimum Gasteiger partial charge on any atom is -0.304 e. The van der Waals surface area contributed by atoms with E-state index >= 15 is 0 Å². The van der Waals surface area contributed by atoms with Crippen LogP contribution in [0.2, 0.25) is 0 Å². The molecule has 12 rings (SSSR count). The maximum absolute atomic E-state index is 5.67.